The Morgan fingerprint density at radius 1 is 1.23 bits per heavy atom. The van der Waals surface area contributed by atoms with Crippen molar-refractivity contribution in [3.05, 3.63) is 58.1 Å². The van der Waals surface area contributed by atoms with Crippen LogP contribution in [0.3, 0.4) is 0 Å². The van der Waals surface area contributed by atoms with Crippen LogP contribution < -0.4 is 10.1 Å². The van der Waals surface area contributed by atoms with E-state index in [1.54, 1.807) is 30.2 Å². The van der Waals surface area contributed by atoms with Gasteiger partial charge in [0.25, 0.3) is 0 Å². The van der Waals surface area contributed by atoms with Gasteiger partial charge in [0, 0.05) is 25.1 Å². The summed E-state index contributed by atoms with van der Waals surface area (Å²) >= 11 is 12.1. The summed E-state index contributed by atoms with van der Waals surface area (Å²) in [5.41, 5.74) is 1.35. The zero-order valence-corrected chi connectivity index (χ0v) is 15.7. The molecule has 5 nitrogen and oxygen atoms in total. The number of para-hydroxylation sites is 1. The van der Waals surface area contributed by atoms with E-state index < -0.39 is 5.92 Å². The van der Waals surface area contributed by atoms with Crippen molar-refractivity contribution >= 4 is 40.7 Å². The van der Waals surface area contributed by atoms with E-state index in [-0.39, 0.29) is 23.3 Å². The number of likely N-dealkylation sites (tertiary alicyclic amines) is 1. The highest BCUT2D eigenvalue weighted by Gasteiger charge is 2.34. The minimum absolute atomic E-state index is 0.0618. The van der Waals surface area contributed by atoms with Crippen LogP contribution in [0.2, 0.25) is 10.0 Å². The van der Waals surface area contributed by atoms with E-state index in [2.05, 4.69) is 5.32 Å². The van der Waals surface area contributed by atoms with E-state index >= 15 is 0 Å². The van der Waals surface area contributed by atoms with Crippen molar-refractivity contribution in [1.82, 2.24) is 4.90 Å². The molecule has 2 amide bonds. The molecule has 1 unspecified atom stereocenters. The van der Waals surface area contributed by atoms with E-state index in [4.69, 9.17) is 27.9 Å². The van der Waals surface area contributed by atoms with Gasteiger partial charge in [-0.15, -0.1) is 0 Å². The first-order valence-electron chi connectivity index (χ1n) is 8.14. The first kappa shape index (κ1) is 18.5. The number of carbonyl (C=O) groups is 2. The average molecular weight is 393 g/mol. The van der Waals surface area contributed by atoms with Gasteiger partial charge >= 0.3 is 0 Å². The minimum Gasteiger partial charge on any atom is -0.496 e. The number of halogens is 2. The molecule has 26 heavy (non-hydrogen) atoms. The second-order valence-electron chi connectivity index (χ2n) is 6.08. The molecular formula is C19H18Cl2N2O3. The van der Waals surface area contributed by atoms with Crippen LogP contribution in [0, 0.1) is 5.92 Å². The molecule has 7 heteroatoms. The van der Waals surface area contributed by atoms with Crippen molar-refractivity contribution in [3.63, 3.8) is 0 Å². The molecule has 0 spiro atoms. The Morgan fingerprint density at radius 2 is 2.00 bits per heavy atom. The highest BCUT2D eigenvalue weighted by molar-refractivity contribution is 6.44. The molecule has 0 bridgehead atoms. The second-order valence-corrected chi connectivity index (χ2v) is 6.86. The number of hydrogen-bond donors (Lipinski definition) is 1. The number of hydrogen-bond acceptors (Lipinski definition) is 3. The highest BCUT2D eigenvalue weighted by Crippen LogP contribution is 2.31. The van der Waals surface area contributed by atoms with E-state index in [9.17, 15) is 9.59 Å². The second kappa shape index (κ2) is 7.98. The van der Waals surface area contributed by atoms with E-state index in [0.717, 1.165) is 11.3 Å². The first-order chi connectivity index (χ1) is 12.5. The van der Waals surface area contributed by atoms with Crippen LogP contribution in [0.15, 0.2) is 42.5 Å². The Kier molecular flexibility index (Phi) is 5.69. The third-order valence-corrected chi connectivity index (χ3v) is 5.17. The summed E-state index contributed by atoms with van der Waals surface area (Å²) in [6.07, 6.45) is 0.166. The summed E-state index contributed by atoms with van der Waals surface area (Å²) in [5, 5.41) is 3.42. The van der Waals surface area contributed by atoms with E-state index in [0.29, 0.717) is 23.8 Å². The zero-order valence-electron chi connectivity index (χ0n) is 14.2. The molecule has 0 radical (unpaired) electrons. The SMILES string of the molecule is COc1ccccc1CN1CC(C(=O)Nc2cccc(Cl)c2Cl)CC1=O. The maximum Gasteiger partial charge on any atom is 0.229 e. The predicted octanol–water partition coefficient (Wildman–Crippen LogP) is 3.99. The molecule has 0 aliphatic carbocycles. The van der Waals surface area contributed by atoms with Gasteiger partial charge in [-0.3, -0.25) is 9.59 Å². The number of nitrogens with zero attached hydrogens (tertiary/aromatic N) is 1. The molecule has 2 aromatic rings. The molecule has 1 atom stereocenters. The van der Waals surface area contributed by atoms with Crippen molar-refractivity contribution in [2.24, 2.45) is 5.92 Å². The fourth-order valence-electron chi connectivity index (χ4n) is 2.97. The number of benzene rings is 2. The molecule has 1 fully saturated rings. The van der Waals surface area contributed by atoms with Crippen molar-refractivity contribution in [3.8, 4) is 5.75 Å². The number of ether oxygens (including phenoxy) is 1. The van der Waals surface area contributed by atoms with Gasteiger partial charge in [0.05, 0.1) is 28.8 Å². The summed E-state index contributed by atoms with van der Waals surface area (Å²) in [6.45, 7) is 0.755. The minimum atomic E-state index is -0.438. The number of methoxy groups -OCH3 is 1. The predicted molar refractivity (Wildman–Crippen MR) is 102 cm³/mol. The van der Waals surface area contributed by atoms with Gasteiger partial charge in [0.2, 0.25) is 11.8 Å². The summed E-state index contributed by atoms with van der Waals surface area (Å²) in [5.74, 6) is -0.0237. The van der Waals surface area contributed by atoms with Crippen molar-refractivity contribution < 1.29 is 14.3 Å². The van der Waals surface area contributed by atoms with Crippen LogP contribution in [0.5, 0.6) is 5.75 Å². The molecule has 1 aliphatic heterocycles. The molecule has 1 saturated heterocycles. The van der Waals surface area contributed by atoms with Crippen molar-refractivity contribution in [2.45, 2.75) is 13.0 Å². The average Bonchev–Trinajstić information content (AvgIpc) is 3.00. The van der Waals surface area contributed by atoms with Gasteiger partial charge in [-0.1, -0.05) is 47.5 Å². The lowest BCUT2D eigenvalue weighted by Crippen LogP contribution is -2.28. The third-order valence-electron chi connectivity index (χ3n) is 4.35. The van der Waals surface area contributed by atoms with Gasteiger partial charge in [-0.2, -0.15) is 0 Å². The lowest BCUT2D eigenvalue weighted by Gasteiger charge is -2.18. The standard InChI is InChI=1S/C19H18Cl2N2O3/c1-26-16-8-3-2-5-12(16)10-23-11-13(9-17(23)24)19(25)22-15-7-4-6-14(20)18(15)21/h2-8,13H,9-11H2,1H3,(H,22,25). The Morgan fingerprint density at radius 3 is 2.77 bits per heavy atom. The number of amides is 2. The largest absolute Gasteiger partial charge is 0.496 e. The van der Waals surface area contributed by atoms with Gasteiger partial charge in [-0.05, 0) is 18.2 Å². The lowest BCUT2D eigenvalue weighted by molar-refractivity contribution is -0.128. The zero-order chi connectivity index (χ0) is 18.7. The Hall–Kier alpha value is -2.24. The van der Waals surface area contributed by atoms with Crippen LogP contribution in [-0.4, -0.2) is 30.4 Å². The van der Waals surface area contributed by atoms with Gasteiger partial charge < -0.3 is 15.0 Å². The maximum absolute atomic E-state index is 12.5. The summed E-state index contributed by atoms with van der Waals surface area (Å²) in [7, 11) is 1.59. The number of rotatable bonds is 5. The summed E-state index contributed by atoms with van der Waals surface area (Å²) < 4.78 is 5.32. The molecule has 0 aromatic heterocycles. The molecule has 1 aliphatic rings. The highest BCUT2D eigenvalue weighted by atomic mass is 35.5. The Bertz CT molecular complexity index is 841. The van der Waals surface area contributed by atoms with Crippen LogP contribution in [0.25, 0.3) is 0 Å². The Balaban J connectivity index is 1.67. The number of carbonyl (C=O) groups excluding carboxylic acids is 2. The van der Waals surface area contributed by atoms with Crippen LogP contribution in [0.1, 0.15) is 12.0 Å². The van der Waals surface area contributed by atoms with Gasteiger partial charge in [-0.25, -0.2) is 0 Å². The summed E-state index contributed by atoms with van der Waals surface area (Å²) in [4.78, 5) is 26.5. The van der Waals surface area contributed by atoms with Gasteiger partial charge in [0.1, 0.15) is 5.75 Å². The summed E-state index contributed by atoms with van der Waals surface area (Å²) in [6, 6.07) is 12.6. The Labute approximate surface area is 161 Å². The molecule has 3 rings (SSSR count). The first-order valence-corrected chi connectivity index (χ1v) is 8.89. The lowest BCUT2D eigenvalue weighted by atomic mass is 10.1. The topological polar surface area (TPSA) is 58.6 Å². The van der Waals surface area contributed by atoms with Gasteiger partial charge in [0.15, 0.2) is 0 Å². The molecule has 2 aromatic carbocycles. The van der Waals surface area contributed by atoms with Crippen LogP contribution in [-0.2, 0) is 16.1 Å². The monoisotopic (exact) mass is 392 g/mol. The smallest absolute Gasteiger partial charge is 0.229 e. The molecule has 136 valence electrons. The molecule has 0 saturated carbocycles. The molecule has 1 heterocycles. The number of nitrogens with one attached hydrogen (secondary N) is 1. The van der Waals surface area contributed by atoms with E-state index in [1.807, 2.05) is 24.3 Å². The fourth-order valence-corrected chi connectivity index (χ4v) is 3.32. The van der Waals surface area contributed by atoms with Crippen LogP contribution in [0.4, 0.5) is 5.69 Å². The quantitative estimate of drug-likeness (QED) is 0.836. The van der Waals surface area contributed by atoms with Crippen molar-refractivity contribution in [2.75, 3.05) is 19.0 Å². The molecule has 1 N–H and O–H groups in total. The fraction of sp³-hybridized carbons (Fsp3) is 0.263. The van der Waals surface area contributed by atoms with E-state index in [1.165, 1.54) is 0 Å². The molecular weight excluding hydrogens is 375 g/mol. The van der Waals surface area contributed by atoms with Crippen LogP contribution >= 0.6 is 23.2 Å². The van der Waals surface area contributed by atoms with Crippen molar-refractivity contribution in [1.29, 1.82) is 0 Å². The third kappa shape index (κ3) is 3.94. The normalized spacial score (nSPS) is 16.7. The number of anilines is 1. The maximum atomic E-state index is 12.5.